The lowest BCUT2D eigenvalue weighted by atomic mass is 10.0. The topological polar surface area (TPSA) is 98.1 Å². The molecule has 0 bridgehead atoms. The first-order chi connectivity index (χ1) is 14.0. The molecule has 1 unspecified atom stereocenters. The Morgan fingerprint density at radius 3 is 2.63 bits per heavy atom. The molecule has 3 rings (SSSR count). The molecule has 0 spiro atoms. The van der Waals surface area contributed by atoms with Crippen molar-refractivity contribution in [1.29, 1.82) is 0 Å². The van der Waals surface area contributed by atoms with E-state index in [1.54, 1.807) is 0 Å². The van der Waals surface area contributed by atoms with Gasteiger partial charge in [0.25, 0.3) is 5.56 Å². The Balaban J connectivity index is 2.03. The van der Waals surface area contributed by atoms with Crippen LogP contribution >= 0.6 is 34.5 Å². The Labute approximate surface area is 185 Å². The summed E-state index contributed by atoms with van der Waals surface area (Å²) in [5.41, 5.74) is -0.421. The first kappa shape index (κ1) is 22.4. The molecule has 158 valence electrons. The molecule has 1 amide bonds. The minimum Gasteiger partial charge on any atom is -0.303 e. The summed E-state index contributed by atoms with van der Waals surface area (Å²) in [5, 5.41) is 2.98. The quantitative estimate of drug-likeness (QED) is 0.570. The van der Waals surface area contributed by atoms with Gasteiger partial charge in [0.2, 0.25) is 5.91 Å². The summed E-state index contributed by atoms with van der Waals surface area (Å²) in [4.78, 5) is 29.3. The average Bonchev–Trinajstić information content (AvgIpc) is 3.06. The number of rotatable bonds is 6. The van der Waals surface area contributed by atoms with E-state index in [9.17, 15) is 22.4 Å². The van der Waals surface area contributed by atoms with Crippen LogP contribution in [0.4, 0.5) is 9.52 Å². The Kier molecular flexibility index (Phi) is 6.61. The molecule has 0 aliphatic carbocycles. The minimum atomic E-state index is -3.61. The van der Waals surface area contributed by atoms with Crippen molar-refractivity contribution in [3.05, 3.63) is 73.8 Å². The SMILES string of the molecule is CS(=O)(=O)c1ccn(C(Cc2cc(F)ccc2Cl)C(=O)Nc2ncc(Cl)s2)c(=O)c1. The van der Waals surface area contributed by atoms with Gasteiger partial charge < -0.3 is 9.88 Å². The van der Waals surface area contributed by atoms with E-state index in [1.807, 2.05) is 0 Å². The molecular weight excluding hydrogens is 476 g/mol. The maximum Gasteiger partial charge on any atom is 0.252 e. The molecule has 0 saturated heterocycles. The molecule has 1 aromatic carbocycles. The molecule has 2 aromatic heterocycles. The second kappa shape index (κ2) is 8.84. The molecule has 2 heterocycles. The summed E-state index contributed by atoms with van der Waals surface area (Å²) in [6.45, 7) is 0. The van der Waals surface area contributed by atoms with Crippen LogP contribution in [-0.4, -0.2) is 30.1 Å². The fraction of sp³-hybridized carbons (Fsp3) is 0.167. The van der Waals surface area contributed by atoms with Crippen molar-refractivity contribution >= 4 is 55.4 Å². The number of halogens is 3. The highest BCUT2D eigenvalue weighted by atomic mass is 35.5. The molecule has 3 aromatic rings. The Morgan fingerprint density at radius 1 is 1.30 bits per heavy atom. The highest BCUT2D eigenvalue weighted by molar-refractivity contribution is 7.90. The molecule has 0 aliphatic heterocycles. The lowest BCUT2D eigenvalue weighted by Crippen LogP contribution is -2.34. The van der Waals surface area contributed by atoms with E-state index in [2.05, 4.69) is 10.3 Å². The van der Waals surface area contributed by atoms with E-state index in [0.717, 1.165) is 28.2 Å². The minimum absolute atomic E-state index is 0.125. The van der Waals surface area contributed by atoms with Gasteiger partial charge >= 0.3 is 0 Å². The second-order valence-corrected chi connectivity index (χ2v) is 10.4. The Morgan fingerprint density at radius 2 is 2.03 bits per heavy atom. The summed E-state index contributed by atoms with van der Waals surface area (Å²) in [6, 6.07) is 4.66. The van der Waals surface area contributed by atoms with Crippen LogP contribution in [0.15, 0.2) is 52.4 Å². The summed E-state index contributed by atoms with van der Waals surface area (Å²) in [7, 11) is -3.61. The molecule has 12 heteroatoms. The van der Waals surface area contributed by atoms with Crippen LogP contribution in [0.1, 0.15) is 11.6 Å². The number of benzene rings is 1. The number of nitrogens with one attached hydrogen (secondary N) is 1. The standard InChI is InChI=1S/C18H14Cl2FN3O4S2/c1-30(27,28)12-4-5-24(16(25)8-12)14(7-10-6-11(21)2-3-13(10)19)17(26)23-18-22-9-15(20)29-18/h2-6,8-9,14H,7H2,1H3,(H,22,23,26). The zero-order valence-electron chi connectivity index (χ0n) is 15.3. The third kappa shape index (κ3) is 5.25. The van der Waals surface area contributed by atoms with Gasteiger partial charge in [0, 0.05) is 30.0 Å². The van der Waals surface area contributed by atoms with Gasteiger partial charge in [-0.15, -0.1) is 0 Å². The number of carbonyl (C=O) groups excluding carboxylic acids is 1. The average molecular weight is 490 g/mol. The number of nitrogens with zero attached hydrogens (tertiary/aromatic N) is 2. The summed E-state index contributed by atoms with van der Waals surface area (Å²) >= 11 is 13.0. The van der Waals surface area contributed by atoms with Gasteiger partial charge in [-0.1, -0.05) is 34.5 Å². The smallest absolute Gasteiger partial charge is 0.252 e. The number of anilines is 1. The van der Waals surface area contributed by atoms with Gasteiger partial charge in [-0.2, -0.15) is 0 Å². The van der Waals surface area contributed by atoms with Gasteiger partial charge in [0.1, 0.15) is 16.2 Å². The number of amides is 1. The van der Waals surface area contributed by atoms with Gasteiger partial charge in [0.15, 0.2) is 15.0 Å². The Hall–Kier alpha value is -2.27. The number of thiazole rings is 1. The van der Waals surface area contributed by atoms with Crippen LogP contribution in [0, 0.1) is 5.82 Å². The highest BCUT2D eigenvalue weighted by Gasteiger charge is 2.25. The third-order valence-corrected chi connectivity index (χ3v) is 6.62. The molecular formula is C18H14Cl2FN3O4S2. The summed E-state index contributed by atoms with van der Waals surface area (Å²) in [5.74, 6) is -1.18. The van der Waals surface area contributed by atoms with Crippen LogP contribution < -0.4 is 10.9 Å². The first-order valence-electron chi connectivity index (χ1n) is 8.33. The Bertz CT molecular complexity index is 1270. The van der Waals surface area contributed by atoms with Gasteiger partial charge in [-0.25, -0.2) is 17.8 Å². The third-order valence-electron chi connectivity index (χ3n) is 4.11. The van der Waals surface area contributed by atoms with Crippen molar-refractivity contribution in [3.63, 3.8) is 0 Å². The summed E-state index contributed by atoms with van der Waals surface area (Å²) < 4.78 is 38.5. The van der Waals surface area contributed by atoms with Crippen molar-refractivity contribution in [2.45, 2.75) is 17.4 Å². The van der Waals surface area contributed by atoms with Crippen molar-refractivity contribution in [3.8, 4) is 0 Å². The predicted octanol–water partition coefficient (Wildman–Crippen LogP) is 3.58. The molecule has 7 nitrogen and oxygen atoms in total. The molecule has 1 N–H and O–H groups in total. The lowest BCUT2D eigenvalue weighted by molar-refractivity contribution is -0.119. The van der Waals surface area contributed by atoms with Crippen molar-refractivity contribution in [2.75, 3.05) is 11.6 Å². The normalized spacial score (nSPS) is 12.5. The van der Waals surface area contributed by atoms with Crippen LogP contribution in [0.2, 0.25) is 9.36 Å². The second-order valence-electron chi connectivity index (χ2n) is 6.29. The van der Waals surface area contributed by atoms with Crippen LogP contribution in [0.25, 0.3) is 0 Å². The van der Waals surface area contributed by atoms with E-state index in [-0.39, 0.29) is 21.5 Å². The highest BCUT2D eigenvalue weighted by Crippen LogP contribution is 2.26. The van der Waals surface area contributed by atoms with Crippen LogP contribution in [-0.2, 0) is 21.1 Å². The van der Waals surface area contributed by atoms with Gasteiger partial charge in [-0.05, 0) is 29.8 Å². The largest absolute Gasteiger partial charge is 0.303 e. The first-order valence-corrected chi connectivity index (χ1v) is 11.8. The number of hydrogen-bond acceptors (Lipinski definition) is 6. The molecule has 0 fully saturated rings. The zero-order valence-corrected chi connectivity index (χ0v) is 18.4. The monoisotopic (exact) mass is 489 g/mol. The summed E-state index contributed by atoms with van der Waals surface area (Å²) in [6.07, 6.45) is 3.40. The van der Waals surface area contributed by atoms with Gasteiger partial charge in [-0.3, -0.25) is 9.59 Å². The van der Waals surface area contributed by atoms with Gasteiger partial charge in [0.05, 0.1) is 11.1 Å². The molecule has 30 heavy (non-hydrogen) atoms. The van der Waals surface area contributed by atoms with E-state index >= 15 is 0 Å². The van der Waals surface area contributed by atoms with E-state index < -0.39 is 33.2 Å². The van der Waals surface area contributed by atoms with Crippen LogP contribution in [0.3, 0.4) is 0 Å². The van der Waals surface area contributed by atoms with Crippen molar-refractivity contribution in [2.24, 2.45) is 0 Å². The van der Waals surface area contributed by atoms with Crippen molar-refractivity contribution in [1.82, 2.24) is 9.55 Å². The van der Waals surface area contributed by atoms with E-state index in [4.69, 9.17) is 23.2 Å². The molecule has 0 radical (unpaired) electrons. The number of hydrogen-bond donors (Lipinski definition) is 1. The predicted molar refractivity (Wildman–Crippen MR) is 114 cm³/mol. The molecule has 1 atom stereocenters. The number of carbonyl (C=O) groups is 1. The maximum absolute atomic E-state index is 13.7. The molecule has 0 aliphatic rings. The zero-order chi connectivity index (χ0) is 22.1. The van der Waals surface area contributed by atoms with Crippen molar-refractivity contribution < 1.29 is 17.6 Å². The van der Waals surface area contributed by atoms with E-state index in [0.29, 0.717) is 9.90 Å². The van der Waals surface area contributed by atoms with Crippen LogP contribution in [0.5, 0.6) is 0 Å². The number of pyridine rings is 1. The maximum atomic E-state index is 13.7. The fourth-order valence-electron chi connectivity index (χ4n) is 2.69. The number of aromatic nitrogens is 2. The molecule has 0 saturated carbocycles. The lowest BCUT2D eigenvalue weighted by Gasteiger charge is -2.20. The number of sulfone groups is 1. The fourth-order valence-corrected chi connectivity index (χ4v) is 4.32. The van der Waals surface area contributed by atoms with E-state index in [1.165, 1.54) is 36.7 Å².